The van der Waals surface area contributed by atoms with Crippen molar-refractivity contribution < 1.29 is 0 Å². The smallest absolute Gasteiger partial charge is 0.0205 e. The number of nitrogens with one attached hydrogen (secondary N) is 2. The number of hydrogen-bond acceptors (Lipinski definition) is 2. The van der Waals surface area contributed by atoms with Gasteiger partial charge in [-0.1, -0.05) is 30.3 Å². The van der Waals surface area contributed by atoms with Crippen molar-refractivity contribution in [1.82, 2.24) is 10.6 Å². The molecule has 0 saturated carbocycles. The first-order valence-corrected chi connectivity index (χ1v) is 7.41. The molecular formula is C16H24N2. The number of piperidine rings is 1. The molecule has 2 nitrogen and oxygen atoms in total. The lowest BCUT2D eigenvalue weighted by molar-refractivity contribution is 0.283. The van der Waals surface area contributed by atoms with Gasteiger partial charge >= 0.3 is 0 Å². The Labute approximate surface area is 110 Å². The lowest BCUT2D eigenvalue weighted by Gasteiger charge is -2.29. The summed E-state index contributed by atoms with van der Waals surface area (Å²) in [5.41, 5.74) is 1.39. The molecule has 2 unspecified atom stereocenters. The van der Waals surface area contributed by atoms with Crippen molar-refractivity contribution >= 4 is 0 Å². The average Bonchev–Trinajstić information content (AvgIpc) is 2.75. The van der Waals surface area contributed by atoms with Crippen LogP contribution >= 0.6 is 0 Å². The normalized spacial score (nSPS) is 30.6. The summed E-state index contributed by atoms with van der Waals surface area (Å²) in [5, 5.41) is 7.29. The second-order valence-electron chi connectivity index (χ2n) is 5.93. The number of hydrogen-bond donors (Lipinski definition) is 2. The molecule has 1 aromatic carbocycles. The van der Waals surface area contributed by atoms with Crippen LogP contribution in [0.5, 0.6) is 0 Å². The first-order valence-electron chi connectivity index (χ1n) is 7.41. The molecule has 3 rings (SSSR count). The van der Waals surface area contributed by atoms with E-state index in [0.29, 0.717) is 0 Å². The SMILES string of the molecule is c1ccc(CNCCC2CC3CCC(C2)N3)cc1. The topological polar surface area (TPSA) is 24.1 Å². The van der Waals surface area contributed by atoms with Crippen molar-refractivity contribution in [1.29, 1.82) is 0 Å². The van der Waals surface area contributed by atoms with Crippen LogP contribution in [-0.4, -0.2) is 18.6 Å². The minimum Gasteiger partial charge on any atom is -0.313 e. The van der Waals surface area contributed by atoms with E-state index in [2.05, 4.69) is 41.0 Å². The molecular weight excluding hydrogens is 220 g/mol. The highest BCUT2D eigenvalue weighted by atomic mass is 15.0. The summed E-state index contributed by atoms with van der Waals surface area (Å²) in [4.78, 5) is 0. The van der Waals surface area contributed by atoms with Crippen LogP contribution in [0.4, 0.5) is 0 Å². The summed E-state index contributed by atoms with van der Waals surface area (Å²) in [6.07, 6.45) is 6.99. The van der Waals surface area contributed by atoms with Gasteiger partial charge in [0.1, 0.15) is 0 Å². The van der Waals surface area contributed by atoms with Crippen molar-refractivity contribution in [2.75, 3.05) is 6.54 Å². The van der Waals surface area contributed by atoms with Gasteiger partial charge in [-0.05, 0) is 50.1 Å². The van der Waals surface area contributed by atoms with Crippen molar-refractivity contribution in [2.24, 2.45) is 5.92 Å². The lowest BCUT2D eigenvalue weighted by atomic mass is 9.90. The Bertz CT molecular complexity index is 351. The maximum absolute atomic E-state index is 3.72. The predicted octanol–water partition coefficient (Wildman–Crippen LogP) is 2.70. The number of fused-ring (bicyclic) bond motifs is 2. The molecule has 2 atom stereocenters. The van der Waals surface area contributed by atoms with Gasteiger partial charge in [-0.2, -0.15) is 0 Å². The van der Waals surface area contributed by atoms with Gasteiger partial charge in [0.15, 0.2) is 0 Å². The molecule has 98 valence electrons. The van der Waals surface area contributed by atoms with Crippen molar-refractivity contribution in [3.05, 3.63) is 35.9 Å². The third-order valence-corrected chi connectivity index (χ3v) is 4.47. The van der Waals surface area contributed by atoms with E-state index in [4.69, 9.17) is 0 Å². The summed E-state index contributed by atoms with van der Waals surface area (Å²) in [6.45, 7) is 2.18. The quantitative estimate of drug-likeness (QED) is 0.778. The predicted molar refractivity (Wildman–Crippen MR) is 75.4 cm³/mol. The average molecular weight is 244 g/mol. The van der Waals surface area contributed by atoms with Gasteiger partial charge in [0, 0.05) is 18.6 Å². The Morgan fingerprint density at radius 3 is 2.50 bits per heavy atom. The fourth-order valence-corrected chi connectivity index (χ4v) is 3.55. The van der Waals surface area contributed by atoms with E-state index in [1.54, 1.807) is 0 Å². The first-order chi connectivity index (χ1) is 8.90. The molecule has 0 amide bonds. The van der Waals surface area contributed by atoms with Crippen LogP contribution in [0.15, 0.2) is 30.3 Å². The van der Waals surface area contributed by atoms with Gasteiger partial charge in [0.25, 0.3) is 0 Å². The highest BCUT2D eigenvalue weighted by Crippen LogP contribution is 2.32. The Morgan fingerprint density at radius 2 is 1.78 bits per heavy atom. The van der Waals surface area contributed by atoms with E-state index in [9.17, 15) is 0 Å². The second-order valence-corrected chi connectivity index (χ2v) is 5.93. The van der Waals surface area contributed by atoms with E-state index in [1.165, 1.54) is 44.2 Å². The molecule has 0 radical (unpaired) electrons. The molecule has 2 N–H and O–H groups in total. The van der Waals surface area contributed by atoms with Gasteiger partial charge in [-0.3, -0.25) is 0 Å². The number of benzene rings is 1. The van der Waals surface area contributed by atoms with Crippen molar-refractivity contribution in [2.45, 2.75) is 50.7 Å². The molecule has 1 aromatic rings. The monoisotopic (exact) mass is 244 g/mol. The van der Waals surface area contributed by atoms with Crippen molar-refractivity contribution in [3.8, 4) is 0 Å². The van der Waals surface area contributed by atoms with Gasteiger partial charge in [0.05, 0.1) is 0 Å². The van der Waals surface area contributed by atoms with Crippen LogP contribution in [-0.2, 0) is 6.54 Å². The van der Waals surface area contributed by atoms with Crippen LogP contribution in [0, 0.1) is 5.92 Å². The van der Waals surface area contributed by atoms with Crippen LogP contribution in [0.1, 0.15) is 37.7 Å². The van der Waals surface area contributed by atoms with E-state index in [-0.39, 0.29) is 0 Å². The minimum atomic E-state index is 0.836. The molecule has 2 saturated heterocycles. The Kier molecular flexibility index (Phi) is 3.96. The highest BCUT2D eigenvalue weighted by molar-refractivity contribution is 5.14. The van der Waals surface area contributed by atoms with Crippen LogP contribution in [0.2, 0.25) is 0 Å². The van der Waals surface area contributed by atoms with E-state index in [1.807, 2.05) is 0 Å². The summed E-state index contributed by atoms with van der Waals surface area (Å²) in [6, 6.07) is 12.4. The fourth-order valence-electron chi connectivity index (χ4n) is 3.55. The zero-order chi connectivity index (χ0) is 12.2. The zero-order valence-electron chi connectivity index (χ0n) is 11.1. The molecule has 2 heterocycles. The largest absolute Gasteiger partial charge is 0.313 e. The zero-order valence-corrected chi connectivity index (χ0v) is 11.1. The molecule has 2 heteroatoms. The molecule has 2 aliphatic rings. The van der Waals surface area contributed by atoms with Gasteiger partial charge in [-0.15, -0.1) is 0 Å². The Hall–Kier alpha value is -0.860. The van der Waals surface area contributed by atoms with Crippen molar-refractivity contribution in [3.63, 3.8) is 0 Å². The van der Waals surface area contributed by atoms with Crippen LogP contribution < -0.4 is 10.6 Å². The number of rotatable bonds is 5. The standard InChI is InChI=1S/C16H24N2/c1-2-4-13(5-3-1)12-17-9-8-14-10-15-6-7-16(11-14)18-15/h1-5,14-18H,6-12H2. The van der Waals surface area contributed by atoms with Crippen LogP contribution in [0.3, 0.4) is 0 Å². The van der Waals surface area contributed by atoms with Gasteiger partial charge < -0.3 is 10.6 Å². The molecule has 18 heavy (non-hydrogen) atoms. The minimum absolute atomic E-state index is 0.836. The Morgan fingerprint density at radius 1 is 1.06 bits per heavy atom. The van der Waals surface area contributed by atoms with E-state index >= 15 is 0 Å². The van der Waals surface area contributed by atoms with E-state index in [0.717, 1.165) is 24.5 Å². The summed E-state index contributed by atoms with van der Waals surface area (Å²) in [5.74, 6) is 0.951. The van der Waals surface area contributed by atoms with Crippen LogP contribution in [0.25, 0.3) is 0 Å². The second kappa shape index (κ2) is 5.85. The summed E-state index contributed by atoms with van der Waals surface area (Å²) >= 11 is 0. The molecule has 0 aliphatic carbocycles. The third kappa shape index (κ3) is 3.12. The van der Waals surface area contributed by atoms with Gasteiger partial charge in [-0.25, -0.2) is 0 Å². The molecule has 2 aliphatic heterocycles. The Balaban J connectivity index is 1.35. The van der Waals surface area contributed by atoms with Gasteiger partial charge in [0.2, 0.25) is 0 Å². The molecule has 0 spiro atoms. The third-order valence-electron chi connectivity index (χ3n) is 4.47. The molecule has 0 aromatic heterocycles. The first kappa shape index (κ1) is 12.2. The lowest BCUT2D eigenvalue weighted by Crippen LogP contribution is -2.38. The maximum Gasteiger partial charge on any atom is 0.0205 e. The maximum atomic E-state index is 3.72. The summed E-state index contributed by atoms with van der Waals surface area (Å²) < 4.78 is 0. The van der Waals surface area contributed by atoms with E-state index < -0.39 is 0 Å². The highest BCUT2D eigenvalue weighted by Gasteiger charge is 2.32. The molecule has 2 fully saturated rings. The molecule has 2 bridgehead atoms. The fraction of sp³-hybridized carbons (Fsp3) is 0.625. The summed E-state index contributed by atoms with van der Waals surface area (Å²) in [7, 11) is 0.